The first-order valence-electron chi connectivity index (χ1n) is 13.6. The number of nitrogens with one attached hydrogen (secondary N) is 2. The van der Waals surface area contributed by atoms with Crippen molar-refractivity contribution in [2.75, 3.05) is 17.7 Å². The van der Waals surface area contributed by atoms with E-state index in [9.17, 15) is 19.2 Å². The summed E-state index contributed by atoms with van der Waals surface area (Å²) in [6.07, 6.45) is 0. The molecule has 0 aliphatic rings. The molecule has 0 bridgehead atoms. The zero-order valence-electron chi connectivity index (χ0n) is 23.2. The molecule has 214 valence electrons. The normalized spacial score (nSPS) is 11.2. The number of anilines is 2. The molecule has 0 unspecified atom stereocenters. The van der Waals surface area contributed by atoms with Gasteiger partial charge in [-0.1, -0.05) is 60.7 Å². The molecule has 9 nitrogen and oxygen atoms in total. The predicted molar refractivity (Wildman–Crippen MR) is 169 cm³/mol. The van der Waals surface area contributed by atoms with Crippen molar-refractivity contribution >= 4 is 66.7 Å². The monoisotopic (exact) mass is 582 g/mol. The summed E-state index contributed by atoms with van der Waals surface area (Å²) in [5, 5.41) is 10.2. The fourth-order valence-corrected chi connectivity index (χ4v) is 5.32. The van der Waals surface area contributed by atoms with E-state index in [0.29, 0.717) is 27.6 Å². The van der Waals surface area contributed by atoms with E-state index in [1.807, 2.05) is 60.7 Å². The molecule has 0 spiro atoms. The number of carbonyl (C=O) groups excluding carboxylic acids is 2. The number of rotatable bonds is 5. The van der Waals surface area contributed by atoms with Crippen molar-refractivity contribution in [2.24, 2.45) is 0 Å². The third-order valence-electron chi connectivity index (χ3n) is 7.48. The Balaban J connectivity index is 1.17. The van der Waals surface area contributed by atoms with E-state index in [0.717, 1.165) is 21.5 Å². The highest BCUT2D eigenvalue weighted by Gasteiger charge is 2.19. The van der Waals surface area contributed by atoms with Gasteiger partial charge in [0, 0.05) is 22.5 Å². The van der Waals surface area contributed by atoms with Gasteiger partial charge in [-0.3, -0.25) is 9.59 Å². The second kappa shape index (κ2) is 10.6. The van der Waals surface area contributed by atoms with Crippen LogP contribution in [0.3, 0.4) is 0 Å². The first-order valence-corrected chi connectivity index (χ1v) is 13.6. The van der Waals surface area contributed by atoms with Crippen molar-refractivity contribution < 1.29 is 23.2 Å². The fraction of sp³-hybridized carbons (Fsp3) is 0.0286. The topological polar surface area (TPSA) is 128 Å². The maximum absolute atomic E-state index is 13.2. The SMILES string of the molecule is COc1cc(NC(=O)c2cc3c(ccc4ccccc43)oc2=O)ccc1NC(=O)c1cc2c(ccc3ccccc32)oc1=O. The minimum absolute atomic E-state index is 0.166. The molecule has 0 fully saturated rings. The van der Waals surface area contributed by atoms with Crippen molar-refractivity contribution in [1.29, 1.82) is 0 Å². The van der Waals surface area contributed by atoms with Crippen molar-refractivity contribution in [3.63, 3.8) is 0 Å². The molecule has 44 heavy (non-hydrogen) atoms. The lowest BCUT2D eigenvalue weighted by Crippen LogP contribution is -2.22. The number of fused-ring (bicyclic) bond motifs is 6. The number of benzene rings is 5. The molecule has 9 heteroatoms. The second-order valence-electron chi connectivity index (χ2n) is 10.1. The van der Waals surface area contributed by atoms with Gasteiger partial charge < -0.3 is 24.2 Å². The van der Waals surface area contributed by atoms with Gasteiger partial charge >= 0.3 is 11.3 Å². The Kier molecular flexibility index (Phi) is 6.40. The summed E-state index contributed by atoms with van der Waals surface area (Å²) in [6, 6.07) is 29.8. The maximum atomic E-state index is 13.2. The van der Waals surface area contributed by atoms with Crippen LogP contribution in [0.5, 0.6) is 5.75 Å². The van der Waals surface area contributed by atoms with Crippen LogP contribution in [0, 0.1) is 0 Å². The van der Waals surface area contributed by atoms with Gasteiger partial charge in [-0.05, 0) is 57.9 Å². The Morgan fingerprint density at radius 3 is 1.66 bits per heavy atom. The zero-order chi connectivity index (χ0) is 30.4. The number of amides is 2. The molecule has 0 atom stereocenters. The van der Waals surface area contributed by atoms with Crippen molar-refractivity contribution in [3.8, 4) is 5.75 Å². The van der Waals surface area contributed by atoms with Crippen LogP contribution in [0.2, 0.25) is 0 Å². The number of ether oxygens (including phenoxy) is 1. The zero-order valence-corrected chi connectivity index (χ0v) is 23.2. The van der Waals surface area contributed by atoms with Crippen LogP contribution in [-0.4, -0.2) is 18.9 Å². The summed E-state index contributed by atoms with van der Waals surface area (Å²) in [5.41, 5.74) is -0.594. The molecule has 0 saturated carbocycles. The lowest BCUT2D eigenvalue weighted by molar-refractivity contribution is 0.101. The number of hydrogen-bond acceptors (Lipinski definition) is 7. The Morgan fingerprint density at radius 2 is 1.11 bits per heavy atom. The van der Waals surface area contributed by atoms with E-state index >= 15 is 0 Å². The minimum atomic E-state index is -0.782. The van der Waals surface area contributed by atoms with Gasteiger partial charge in [0.15, 0.2) is 0 Å². The van der Waals surface area contributed by atoms with Gasteiger partial charge in [0.2, 0.25) is 0 Å². The summed E-state index contributed by atoms with van der Waals surface area (Å²) in [4.78, 5) is 51.8. The smallest absolute Gasteiger partial charge is 0.349 e. The Bertz CT molecular complexity index is 2420. The molecule has 0 radical (unpaired) electrons. The quantitative estimate of drug-likeness (QED) is 0.170. The summed E-state index contributed by atoms with van der Waals surface area (Å²) in [5.74, 6) is -1.15. The van der Waals surface area contributed by atoms with Crippen LogP contribution < -0.4 is 26.6 Å². The highest BCUT2D eigenvalue weighted by molar-refractivity contribution is 6.12. The molecule has 2 N–H and O–H groups in total. The standard InChI is InChI=1S/C35H22N2O7/c1-42-31-16-21(36-32(38)26-17-24-22-8-4-2-6-19(22)10-14-29(24)43-34(26)40)12-13-28(31)37-33(39)27-18-25-23-9-5-3-7-20(23)11-15-30(25)44-35(27)41/h2-18H,1H3,(H,36,38)(H,37,39). The number of hydrogen-bond donors (Lipinski definition) is 2. The van der Waals surface area contributed by atoms with Gasteiger partial charge in [0.25, 0.3) is 11.8 Å². The van der Waals surface area contributed by atoms with E-state index in [1.54, 1.807) is 12.1 Å². The van der Waals surface area contributed by atoms with Crippen molar-refractivity contribution in [2.45, 2.75) is 0 Å². The largest absolute Gasteiger partial charge is 0.494 e. The van der Waals surface area contributed by atoms with Crippen molar-refractivity contribution in [1.82, 2.24) is 0 Å². The van der Waals surface area contributed by atoms with Gasteiger partial charge in [-0.2, -0.15) is 0 Å². The van der Waals surface area contributed by atoms with Gasteiger partial charge in [-0.25, -0.2) is 9.59 Å². The van der Waals surface area contributed by atoms with E-state index < -0.39 is 23.1 Å². The van der Waals surface area contributed by atoms with E-state index in [4.69, 9.17) is 13.6 Å². The molecule has 2 heterocycles. The van der Waals surface area contributed by atoms with Gasteiger partial charge in [0.1, 0.15) is 28.0 Å². The summed E-state index contributed by atoms with van der Waals surface area (Å²) in [7, 11) is 1.40. The first-order chi connectivity index (χ1) is 21.4. The lowest BCUT2D eigenvalue weighted by atomic mass is 10.0. The van der Waals surface area contributed by atoms with Crippen LogP contribution >= 0.6 is 0 Å². The molecule has 5 aromatic carbocycles. The Hall–Kier alpha value is -6.22. The Morgan fingerprint density at radius 1 is 0.591 bits per heavy atom. The van der Waals surface area contributed by atoms with Crippen LogP contribution in [0.15, 0.2) is 122 Å². The lowest BCUT2D eigenvalue weighted by Gasteiger charge is -2.13. The molecule has 2 amide bonds. The maximum Gasteiger partial charge on any atom is 0.349 e. The molecular weight excluding hydrogens is 560 g/mol. The highest BCUT2D eigenvalue weighted by Crippen LogP contribution is 2.30. The molecule has 0 aliphatic carbocycles. The van der Waals surface area contributed by atoms with E-state index in [1.165, 1.54) is 37.4 Å². The van der Waals surface area contributed by atoms with Crippen molar-refractivity contribution in [3.05, 3.63) is 135 Å². The molecule has 7 rings (SSSR count). The average molecular weight is 583 g/mol. The fourth-order valence-electron chi connectivity index (χ4n) is 5.32. The van der Waals surface area contributed by atoms with Crippen LogP contribution in [-0.2, 0) is 0 Å². The first kappa shape index (κ1) is 26.7. The van der Waals surface area contributed by atoms with E-state index in [-0.39, 0.29) is 22.6 Å². The average Bonchev–Trinajstić information content (AvgIpc) is 3.04. The summed E-state index contributed by atoms with van der Waals surface area (Å²) in [6.45, 7) is 0. The molecule has 2 aromatic heterocycles. The third kappa shape index (κ3) is 4.62. The van der Waals surface area contributed by atoms with E-state index in [2.05, 4.69) is 10.6 Å². The molecule has 7 aromatic rings. The number of methoxy groups -OCH3 is 1. The molecule has 0 aliphatic heterocycles. The van der Waals surface area contributed by atoms with Crippen LogP contribution in [0.25, 0.3) is 43.5 Å². The minimum Gasteiger partial charge on any atom is -0.494 e. The summed E-state index contributed by atoms with van der Waals surface area (Å²) < 4.78 is 16.4. The summed E-state index contributed by atoms with van der Waals surface area (Å²) >= 11 is 0. The highest BCUT2D eigenvalue weighted by atomic mass is 16.5. The molecule has 0 saturated heterocycles. The van der Waals surface area contributed by atoms with Crippen LogP contribution in [0.4, 0.5) is 11.4 Å². The predicted octanol–water partition coefficient (Wildman–Crippen LogP) is 6.72. The second-order valence-corrected chi connectivity index (χ2v) is 10.1. The van der Waals surface area contributed by atoms with Gasteiger partial charge in [-0.15, -0.1) is 0 Å². The third-order valence-corrected chi connectivity index (χ3v) is 7.48. The van der Waals surface area contributed by atoms with Crippen LogP contribution in [0.1, 0.15) is 20.7 Å². The molecular formula is C35H22N2O7. The Labute approximate surface area is 248 Å². The van der Waals surface area contributed by atoms with Gasteiger partial charge in [0.05, 0.1) is 12.8 Å². The number of carbonyl (C=O) groups is 2.